The van der Waals surface area contributed by atoms with Gasteiger partial charge in [-0.2, -0.15) is 0 Å². The first-order valence-corrected chi connectivity index (χ1v) is 5.11. The van der Waals surface area contributed by atoms with Crippen LogP contribution in [0.25, 0.3) is 0 Å². The molecule has 1 heterocycles. The third kappa shape index (κ3) is 3.04. The number of aliphatic hydroxyl groups is 1. The molecule has 1 atom stereocenters. The van der Waals surface area contributed by atoms with Gasteiger partial charge < -0.3 is 20.1 Å². The molecule has 0 spiro atoms. The summed E-state index contributed by atoms with van der Waals surface area (Å²) in [6.45, 7) is 3.05. The van der Waals surface area contributed by atoms with Crippen LogP contribution in [0.1, 0.15) is 28.7 Å². The molecule has 1 aromatic rings. The highest BCUT2D eigenvalue weighted by Gasteiger charge is 2.21. The van der Waals surface area contributed by atoms with Gasteiger partial charge in [0.1, 0.15) is 11.3 Å². The van der Waals surface area contributed by atoms with E-state index in [1.165, 1.54) is 0 Å². The highest BCUT2D eigenvalue weighted by molar-refractivity contribution is 5.96. The molecule has 7 nitrogen and oxygen atoms in total. The number of aryl methyl sites for hydroxylation is 2. The minimum atomic E-state index is -1.62. The fourth-order valence-electron chi connectivity index (χ4n) is 1.32. The SMILES string of the molecule is CCc1noc(C)c1C(=O)NC[C@H](O)C(=O)O. The second kappa shape index (κ2) is 5.44. The summed E-state index contributed by atoms with van der Waals surface area (Å²) in [5.41, 5.74) is 0.801. The second-order valence-electron chi connectivity index (χ2n) is 3.48. The molecule has 0 aliphatic rings. The average Bonchev–Trinajstić information content (AvgIpc) is 2.66. The lowest BCUT2D eigenvalue weighted by molar-refractivity contribution is -0.146. The minimum Gasteiger partial charge on any atom is -0.479 e. The number of nitrogens with one attached hydrogen (secondary N) is 1. The Morgan fingerprint density at radius 3 is 2.71 bits per heavy atom. The van der Waals surface area contributed by atoms with E-state index >= 15 is 0 Å². The number of hydrogen-bond donors (Lipinski definition) is 3. The van der Waals surface area contributed by atoms with Gasteiger partial charge in [-0.05, 0) is 13.3 Å². The fourth-order valence-corrected chi connectivity index (χ4v) is 1.32. The van der Waals surface area contributed by atoms with Crippen molar-refractivity contribution in [1.82, 2.24) is 10.5 Å². The fraction of sp³-hybridized carbons (Fsp3) is 0.500. The summed E-state index contributed by atoms with van der Waals surface area (Å²) in [6, 6.07) is 0. The zero-order valence-electron chi connectivity index (χ0n) is 9.56. The van der Waals surface area contributed by atoms with Crippen molar-refractivity contribution < 1.29 is 24.3 Å². The topological polar surface area (TPSA) is 113 Å². The second-order valence-corrected chi connectivity index (χ2v) is 3.48. The van der Waals surface area contributed by atoms with E-state index in [0.29, 0.717) is 23.4 Å². The van der Waals surface area contributed by atoms with Gasteiger partial charge in [-0.25, -0.2) is 4.79 Å². The molecule has 0 bridgehead atoms. The minimum absolute atomic E-state index is 0.296. The molecule has 1 amide bonds. The van der Waals surface area contributed by atoms with Gasteiger partial charge in [-0.3, -0.25) is 4.79 Å². The van der Waals surface area contributed by atoms with Crippen LogP contribution in [0.3, 0.4) is 0 Å². The largest absolute Gasteiger partial charge is 0.479 e. The number of carbonyl (C=O) groups excluding carboxylic acids is 1. The molecule has 0 aliphatic heterocycles. The summed E-state index contributed by atoms with van der Waals surface area (Å²) in [7, 11) is 0. The maximum atomic E-state index is 11.7. The maximum Gasteiger partial charge on any atom is 0.334 e. The zero-order valence-corrected chi connectivity index (χ0v) is 9.56. The lowest BCUT2D eigenvalue weighted by Gasteiger charge is -2.07. The van der Waals surface area contributed by atoms with Crippen molar-refractivity contribution in [3.05, 3.63) is 17.0 Å². The van der Waals surface area contributed by atoms with Crippen LogP contribution in [0.2, 0.25) is 0 Å². The molecule has 94 valence electrons. The summed E-state index contributed by atoms with van der Waals surface area (Å²) in [4.78, 5) is 22.1. The summed E-state index contributed by atoms with van der Waals surface area (Å²) >= 11 is 0. The summed E-state index contributed by atoms with van der Waals surface area (Å²) in [5.74, 6) is -1.52. The predicted octanol–water partition coefficient (Wildman–Crippen LogP) is -0.279. The summed E-state index contributed by atoms with van der Waals surface area (Å²) in [6.07, 6.45) is -1.09. The predicted molar refractivity (Wildman–Crippen MR) is 56.6 cm³/mol. The van der Waals surface area contributed by atoms with Crippen molar-refractivity contribution in [2.24, 2.45) is 0 Å². The van der Waals surface area contributed by atoms with Gasteiger partial charge in [0.25, 0.3) is 5.91 Å². The van der Waals surface area contributed by atoms with Crippen LogP contribution < -0.4 is 5.32 Å². The molecule has 0 aromatic carbocycles. The molecule has 0 saturated carbocycles. The van der Waals surface area contributed by atoms with Gasteiger partial charge in [0.15, 0.2) is 6.10 Å². The quantitative estimate of drug-likeness (QED) is 0.654. The van der Waals surface area contributed by atoms with Crippen LogP contribution in [0.4, 0.5) is 0 Å². The van der Waals surface area contributed by atoms with E-state index in [9.17, 15) is 9.59 Å². The van der Waals surface area contributed by atoms with Crippen molar-refractivity contribution in [2.75, 3.05) is 6.54 Å². The van der Waals surface area contributed by atoms with Crippen molar-refractivity contribution in [1.29, 1.82) is 0 Å². The third-order valence-corrected chi connectivity index (χ3v) is 2.24. The Morgan fingerprint density at radius 2 is 2.18 bits per heavy atom. The van der Waals surface area contributed by atoms with Crippen molar-refractivity contribution in [3.63, 3.8) is 0 Å². The summed E-state index contributed by atoms with van der Waals surface area (Å²) in [5, 5.41) is 23.5. The third-order valence-electron chi connectivity index (χ3n) is 2.24. The number of aromatic nitrogens is 1. The number of carboxylic acid groups (broad SMARTS) is 1. The lowest BCUT2D eigenvalue weighted by atomic mass is 10.1. The molecule has 0 saturated heterocycles. The number of aliphatic hydroxyl groups excluding tert-OH is 1. The molecule has 0 unspecified atom stereocenters. The Morgan fingerprint density at radius 1 is 1.53 bits per heavy atom. The molecule has 3 N–H and O–H groups in total. The molecule has 0 radical (unpaired) electrons. The Hall–Kier alpha value is -1.89. The maximum absolute atomic E-state index is 11.7. The van der Waals surface area contributed by atoms with E-state index < -0.39 is 18.0 Å². The Bertz CT molecular complexity index is 426. The number of nitrogens with zero attached hydrogens (tertiary/aromatic N) is 1. The number of rotatable bonds is 5. The highest BCUT2D eigenvalue weighted by atomic mass is 16.5. The van der Waals surface area contributed by atoms with Crippen LogP contribution in [-0.2, 0) is 11.2 Å². The monoisotopic (exact) mass is 242 g/mol. The average molecular weight is 242 g/mol. The van der Waals surface area contributed by atoms with Crippen molar-refractivity contribution in [3.8, 4) is 0 Å². The first kappa shape index (κ1) is 13.2. The van der Waals surface area contributed by atoms with Gasteiger partial charge in [-0.15, -0.1) is 0 Å². The van der Waals surface area contributed by atoms with E-state index in [2.05, 4.69) is 10.5 Å². The molecule has 0 fully saturated rings. The molecule has 7 heteroatoms. The van der Waals surface area contributed by atoms with Crippen LogP contribution in [-0.4, -0.2) is 39.9 Å². The van der Waals surface area contributed by atoms with E-state index in [4.69, 9.17) is 14.7 Å². The van der Waals surface area contributed by atoms with Crippen LogP contribution in [0.5, 0.6) is 0 Å². The van der Waals surface area contributed by atoms with Gasteiger partial charge in [0.05, 0.1) is 12.2 Å². The normalized spacial score (nSPS) is 12.2. The van der Waals surface area contributed by atoms with E-state index in [-0.39, 0.29) is 6.54 Å². The van der Waals surface area contributed by atoms with Gasteiger partial charge in [0.2, 0.25) is 0 Å². The van der Waals surface area contributed by atoms with Gasteiger partial charge in [-0.1, -0.05) is 12.1 Å². The first-order valence-electron chi connectivity index (χ1n) is 5.11. The van der Waals surface area contributed by atoms with Gasteiger partial charge in [0, 0.05) is 0 Å². The zero-order chi connectivity index (χ0) is 13.0. The van der Waals surface area contributed by atoms with E-state index in [1.807, 2.05) is 6.92 Å². The number of amides is 1. The van der Waals surface area contributed by atoms with Crippen LogP contribution in [0, 0.1) is 6.92 Å². The van der Waals surface area contributed by atoms with Gasteiger partial charge >= 0.3 is 5.97 Å². The number of hydrogen-bond acceptors (Lipinski definition) is 5. The molecule has 1 rings (SSSR count). The lowest BCUT2D eigenvalue weighted by Crippen LogP contribution is -2.36. The standard InChI is InChI=1S/C10H14N2O5/c1-3-6-8(5(2)17-12-6)9(14)11-4-7(13)10(15)16/h7,13H,3-4H2,1-2H3,(H,11,14)(H,15,16)/t7-/m0/s1. The van der Waals surface area contributed by atoms with Crippen molar-refractivity contribution >= 4 is 11.9 Å². The number of carboxylic acids is 1. The summed E-state index contributed by atoms with van der Waals surface area (Å²) < 4.78 is 4.87. The smallest absolute Gasteiger partial charge is 0.334 e. The van der Waals surface area contributed by atoms with Crippen molar-refractivity contribution in [2.45, 2.75) is 26.4 Å². The molecule has 17 heavy (non-hydrogen) atoms. The van der Waals surface area contributed by atoms with Crippen LogP contribution in [0.15, 0.2) is 4.52 Å². The first-order chi connectivity index (χ1) is 7.97. The number of carbonyl (C=O) groups is 2. The highest BCUT2D eigenvalue weighted by Crippen LogP contribution is 2.13. The number of aliphatic carboxylic acids is 1. The van der Waals surface area contributed by atoms with E-state index in [0.717, 1.165) is 0 Å². The Labute approximate surface area is 97.4 Å². The molecular formula is C10H14N2O5. The Balaban J connectivity index is 2.70. The molecular weight excluding hydrogens is 228 g/mol. The van der Waals surface area contributed by atoms with E-state index in [1.54, 1.807) is 6.92 Å². The molecule has 1 aromatic heterocycles. The van der Waals surface area contributed by atoms with Crippen LogP contribution >= 0.6 is 0 Å². The molecule has 0 aliphatic carbocycles. The Kier molecular flexibility index (Phi) is 4.22.